The van der Waals surface area contributed by atoms with Crippen LogP contribution in [0.25, 0.3) is 0 Å². The fourth-order valence-electron chi connectivity index (χ4n) is 2.11. The van der Waals surface area contributed by atoms with Crippen LogP contribution in [0.5, 0.6) is 0 Å². The minimum absolute atomic E-state index is 0.225. The van der Waals surface area contributed by atoms with E-state index < -0.39 is 0 Å². The van der Waals surface area contributed by atoms with E-state index in [9.17, 15) is 4.79 Å². The quantitative estimate of drug-likeness (QED) is 0.305. The smallest absolute Gasteiger partial charge is 0.222 e. The predicted molar refractivity (Wildman–Crippen MR) is 63.8 cm³/mol. The van der Waals surface area contributed by atoms with Crippen molar-refractivity contribution < 1.29 is 10.0 Å². The van der Waals surface area contributed by atoms with E-state index in [1.165, 1.54) is 12.8 Å². The van der Waals surface area contributed by atoms with Gasteiger partial charge in [0.05, 0.1) is 6.54 Å². The number of amidine groups is 1. The standard InChI is InChI=1S/C11H20N4O2/c12-10(13-17)8-14-3-5-15(6-4-14)11(16)7-9-1-2-9/h9,17H,1-8H2,(H2,12,13). The Morgan fingerprint density at radius 1 is 1.29 bits per heavy atom. The Balaban J connectivity index is 1.71. The second kappa shape index (κ2) is 5.35. The first-order chi connectivity index (χ1) is 8.19. The van der Waals surface area contributed by atoms with Gasteiger partial charge >= 0.3 is 0 Å². The molecule has 1 amide bonds. The minimum atomic E-state index is 0.225. The summed E-state index contributed by atoms with van der Waals surface area (Å²) >= 11 is 0. The van der Waals surface area contributed by atoms with Crippen molar-refractivity contribution in [2.75, 3.05) is 32.7 Å². The maximum atomic E-state index is 11.9. The first-order valence-electron chi connectivity index (χ1n) is 6.15. The third-order valence-electron chi connectivity index (χ3n) is 3.40. The molecule has 0 unspecified atom stereocenters. The van der Waals surface area contributed by atoms with Crippen molar-refractivity contribution in [3.05, 3.63) is 0 Å². The molecule has 2 aliphatic rings. The van der Waals surface area contributed by atoms with Gasteiger partial charge in [0, 0.05) is 32.6 Å². The topological polar surface area (TPSA) is 82.2 Å². The monoisotopic (exact) mass is 240 g/mol. The molecular weight excluding hydrogens is 220 g/mol. The van der Waals surface area contributed by atoms with Crippen LogP contribution in [-0.2, 0) is 4.79 Å². The molecule has 0 radical (unpaired) electrons. The summed E-state index contributed by atoms with van der Waals surface area (Å²) in [5, 5.41) is 11.4. The summed E-state index contributed by atoms with van der Waals surface area (Å²) < 4.78 is 0. The number of carbonyl (C=O) groups excluding carboxylic acids is 1. The molecule has 1 aliphatic carbocycles. The van der Waals surface area contributed by atoms with E-state index >= 15 is 0 Å². The molecule has 1 heterocycles. The van der Waals surface area contributed by atoms with Crippen LogP contribution >= 0.6 is 0 Å². The van der Waals surface area contributed by atoms with Crippen LogP contribution in [-0.4, -0.2) is 59.5 Å². The lowest BCUT2D eigenvalue weighted by Gasteiger charge is -2.34. The summed E-state index contributed by atoms with van der Waals surface area (Å²) in [4.78, 5) is 15.9. The van der Waals surface area contributed by atoms with Crippen molar-refractivity contribution in [2.45, 2.75) is 19.3 Å². The molecule has 6 nitrogen and oxygen atoms in total. The fraction of sp³-hybridized carbons (Fsp3) is 0.818. The molecule has 1 saturated heterocycles. The zero-order valence-corrected chi connectivity index (χ0v) is 10.0. The number of nitrogens with two attached hydrogens (primary N) is 1. The third kappa shape index (κ3) is 3.59. The number of hydrogen-bond donors (Lipinski definition) is 2. The summed E-state index contributed by atoms with van der Waals surface area (Å²) in [6.45, 7) is 3.58. The van der Waals surface area contributed by atoms with Crippen LogP contribution in [0.1, 0.15) is 19.3 Å². The Hall–Kier alpha value is -1.30. The van der Waals surface area contributed by atoms with E-state index in [-0.39, 0.29) is 11.7 Å². The lowest BCUT2D eigenvalue weighted by Crippen LogP contribution is -2.50. The molecule has 0 aromatic carbocycles. The summed E-state index contributed by atoms with van der Waals surface area (Å²) in [6, 6.07) is 0. The van der Waals surface area contributed by atoms with Gasteiger partial charge in [-0.2, -0.15) is 0 Å². The van der Waals surface area contributed by atoms with E-state index in [0.29, 0.717) is 12.5 Å². The largest absolute Gasteiger partial charge is 0.409 e. The van der Waals surface area contributed by atoms with Crippen molar-refractivity contribution >= 4 is 11.7 Å². The molecule has 96 valence electrons. The van der Waals surface area contributed by atoms with E-state index in [1.54, 1.807) is 0 Å². The number of hydrogen-bond acceptors (Lipinski definition) is 4. The van der Waals surface area contributed by atoms with Crippen LogP contribution in [0.4, 0.5) is 0 Å². The highest BCUT2D eigenvalue weighted by Gasteiger charge is 2.28. The number of rotatable bonds is 4. The zero-order valence-electron chi connectivity index (χ0n) is 10.0. The fourth-order valence-corrected chi connectivity index (χ4v) is 2.11. The summed E-state index contributed by atoms with van der Waals surface area (Å²) in [7, 11) is 0. The van der Waals surface area contributed by atoms with E-state index in [0.717, 1.165) is 32.6 Å². The van der Waals surface area contributed by atoms with Gasteiger partial charge in [-0.05, 0) is 18.8 Å². The van der Waals surface area contributed by atoms with Gasteiger partial charge in [-0.25, -0.2) is 0 Å². The Morgan fingerprint density at radius 2 is 1.94 bits per heavy atom. The van der Waals surface area contributed by atoms with Gasteiger partial charge in [0.2, 0.25) is 5.91 Å². The van der Waals surface area contributed by atoms with E-state index in [1.807, 2.05) is 4.90 Å². The van der Waals surface area contributed by atoms with Gasteiger partial charge in [0.1, 0.15) is 0 Å². The molecule has 0 aromatic rings. The second-order valence-corrected chi connectivity index (χ2v) is 4.90. The highest BCUT2D eigenvalue weighted by molar-refractivity contribution is 5.81. The average Bonchev–Trinajstić information content (AvgIpc) is 3.13. The highest BCUT2D eigenvalue weighted by atomic mass is 16.4. The first kappa shape index (κ1) is 12.2. The number of nitrogens with zero attached hydrogens (tertiary/aromatic N) is 3. The lowest BCUT2D eigenvalue weighted by molar-refractivity contribution is -0.133. The molecule has 3 N–H and O–H groups in total. The molecule has 1 aliphatic heterocycles. The van der Waals surface area contributed by atoms with E-state index in [2.05, 4.69) is 10.1 Å². The highest BCUT2D eigenvalue weighted by Crippen LogP contribution is 2.32. The molecule has 0 spiro atoms. The van der Waals surface area contributed by atoms with Gasteiger partial charge in [-0.15, -0.1) is 0 Å². The Morgan fingerprint density at radius 3 is 2.47 bits per heavy atom. The van der Waals surface area contributed by atoms with E-state index in [4.69, 9.17) is 10.9 Å². The van der Waals surface area contributed by atoms with Crippen LogP contribution in [0.15, 0.2) is 5.16 Å². The molecule has 6 heteroatoms. The van der Waals surface area contributed by atoms with Crippen LogP contribution < -0.4 is 5.73 Å². The van der Waals surface area contributed by atoms with Crippen molar-refractivity contribution in [1.82, 2.24) is 9.80 Å². The Labute approximate surface area is 101 Å². The van der Waals surface area contributed by atoms with Gasteiger partial charge in [-0.1, -0.05) is 5.16 Å². The predicted octanol–water partition coefficient (Wildman–Crippen LogP) is -0.323. The van der Waals surface area contributed by atoms with Crippen molar-refractivity contribution in [1.29, 1.82) is 0 Å². The van der Waals surface area contributed by atoms with Crippen molar-refractivity contribution in [3.8, 4) is 0 Å². The number of piperazine rings is 1. The maximum Gasteiger partial charge on any atom is 0.222 e. The van der Waals surface area contributed by atoms with Gasteiger partial charge in [0.15, 0.2) is 5.84 Å². The van der Waals surface area contributed by atoms with Gasteiger partial charge in [0.25, 0.3) is 0 Å². The number of carbonyl (C=O) groups is 1. The normalized spacial score (nSPS) is 22.8. The lowest BCUT2D eigenvalue weighted by atomic mass is 10.2. The van der Waals surface area contributed by atoms with Crippen molar-refractivity contribution in [3.63, 3.8) is 0 Å². The SMILES string of the molecule is NC(CN1CCN(C(=O)CC2CC2)CC1)=NO. The minimum Gasteiger partial charge on any atom is -0.409 e. The molecular formula is C11H20N4O2. The molecule has 0 bridgehead atoms. The van der Waals surface area contributed by atoms with Gasteiger partial charge < -0.3 is 15.8 Å². The Kier molecular flexibility index (Phi) is 3.83. The summed E-state index contributed by atoms with van der Waals surface area (Å²) in [5.41, 5.74) is 5.45. The van der Waals surface area contributed by atoms with Crippen LogP contribution in [0.2, 0.25) is 0 Å². The molecule has 2 fully saturated rings. The second-order valence-electron chi connectivity index (χ2n) is 4.90. The van der Waals surface area contributed by atoms with Gasteiger partial charge in [-0.3, -0.25) is 9.69 Å². The summed E-state index contributed by atoms with van der Waals surface area (Å²) in [6.07, 6.45) is 3.16. The Bertz CT molecular complexity index is 307. The third-order valence-corrected chi connectivity index (χ3v) is 3.40. The molecule has 0 aromatic heterocycles. The molecule has 0 atom stereocenters. The first-order valence-corrected chi connectivity index (χ1v) is 6.15. The number of oxime groups is 1. The van der Waals surface area contributed by atoms with Crippen LogP contribution in [0, 0.1) is 5.92 Å². The molecule has 2 rings (SSSR count). The van der Waals surface area contributed by atoms with Crippen molar-refractivity contribution in [2.24, 2.45) is 16.8 Å². The van der Waals surface area contributed by atoms with Crippen LogP contribution in [0.3, 0.4) is 0 Å². The number of amides is 1. The average molecular weight is 240 g/mol. The molecule has 17 heavy (non-hydrogen) atoms. The maximum absolute atomic E-state index is 11.9. The zero-order chi connectivity index (χ0) is 12.3. The summed E-state index contributed by atoms with van der Waals surface area (Å²) in [5.74, 6) is 1.16. The molecule has 1 saturated carbocycles.